The van der Waals surface area contributed by atoms with E-state index in [1.165, 1.54) is 12.1 Å². The second-order valence-electron chi connectivity index (χ2n) is 2.90. The minimum atomic E-state index is -0.343. The normalized spacial score (nSPS) is 10.6. The van der Waals surface area contributed by atoms with Gasteiger partial charge < -0.3 is 4.74 Å². The molecule has 0 aliphatic rings. The maximum Gasteiger partial charge on any atom is 0.124 e. The average Bonchev–Trinajstić information content (AvgIpc) is 2.20. The van der Waals surface area contributed by atoms with Crippen LogP contribution in [0.3, 0.4) is 0 Å². The molecule has 0 spiro atoms. The number of ether oxygens (including phenoxy) is 1. The molecule has 1 aromatic rings. The largest absolute Gasteiger partial charge is 0.382 e. The van der Waals surface area contributed by atoms with Crippen LogP contribution < -0.4 is 5.48 Å². The van der Waals surface area contributed by atoms with E-state index in [2.05, 4.69) is 5.48 Å². The fraction of sp³-hybridized carbons (Fsp3) is 0.400. The lowest BCUT2D eigenvalue weighted by atomic mass is 10.2. The Bertz CT molecular complexity index is 309. The summed E-state index contributed by atoms with van der Waals surface area (Å²) >= 11 is 5.81. The van der Waals surface area contributed by atoms with E-state index in [1.54, 1.807) is 13.2 Å². The molecule has 0 unspecified atom stereocenters. The van der Waals surface area contributed by atoms with E-state index in [-0.39, 0.29) is 5.82 Å². The van der Waals surface area contributed by atoms with Crippen molar-refractivity contribution in [2.45, 2.75) is 6.54 Å². The molecule has 0 heterocycles. The van der Waals surface area contributed by atoms with Gasteiger partial charge in [0.25, 0.3) is 0 Å². The molecule has 0 atom stereocenters. The zero-order chi connectivity index (χ0) is 11.1. The van der Waals surface area contributed by atoms with Gasteiger partial charge >= 0.3 is 0 Å². The van der Waals surface area contributed by atoms with Crippen LogP contribution in [0.5, 0.6) is 0 Å². The zero-order valence-electron chi connectivity index (χ0n) is 8.43. The molecule has 1 aromatic carbocycles. The number of hydroxylamine groups is 1. The molecule has 0 aliphatic heterocycles. The molecule has 84 valence electrons. The van der Waals surface area contributed by atoms with Crippen LogP contribution in [0.25, 0.3) is 0 Å². The fourth-order valence-corrected chi connectivity index (χ4v) is 1.23. The van der Waals surface area contributed by atoms with Crippen molar-refractivity contribution in [1.29, 1.82) is 0 Å². The molecule has 0 saturated carbocycles. The highest BCUT2D eigenvalue weighted by Gasteiger charge is 2.01. The van der Waals surface area contributed by atoms with Crippen molar-refractivity contribution in [2.24, 2.45) is 0 Å². The van der Waals surface area contributed by atoms with Gasteiger partial charge in [-0.25, -0.2) is 4.39 Å². The maximum atomic E-state index is 12.7. The van der Waals surface area contributed by atoms with Crippen molar-refractivity contribution in [3.63, 3.8) is 0 Å². The summed E-state index contributed by atoms with van der Waals surface area (Å²) < 4.78 is 17.5. The third-order valence-electron chi connectivity index (χ3n) is 1.77. The number of benzene rings is 1. The van der Waals surface area contributed by atoms with Gasteiger partial charge in [0.05, 0.1) is 13.2 Å². The Morgan fingerprint density at radius 1 is 1.40 bits per heavy atom. The minimum Gasteiger partial charge on any atom is -0.382 e. The van der Waals surface area contributed by atoms with Crippen LogP contribution in [0, 0.1) is 5.82 Å². The predicted molar refractivity (Wildman–Crippen MR) is 56.1 cm³/mol. The van der Waals surface area contributed by atoms with Crippen LogP contribution in [-0.2, 0) is 16.1 Å². The Kier molecular flexibility index (Phi) is 5.57. The SMILES string of the molecule is COCCONCc1ccc(F)cc1Cl. The molecule has 3 nitrogen and oxygen atoms in total. The number of hydrogen-bond donors (Lipinski definition) is 1. The highest BCUT2D eigenvalue weighted by molar-refractivity contribution is 6.31. The summed E-state index contributed by atoms with van der Waals surface area (Å²) in [5.41, 5.74) is 3.50. The van der Waals surface area contributed by atoms with Crippen molar-refractivity contribution in [3.8, 4) is 0 Å². The number of hydrogen-bond acceptors (Lipinski definition) is 3. The first-order valence-corrected chi connectivity index (χ1v) is 4.89. The Balaban J connectivity index is 2.31. The molecular weight excluding hydrogens is 221 g/mol. The number of methoxy groups -OCH3 is 1. The summed E-state index contributed by atoms with van der Waals surface area (Å²) in [6.07, 6.45) is 0. The van der Waals surface area contributed by atoms with E-state index in [9.17, 15) is 4.39 Å². The quantitative estimate of drug-likeness (QED) is 0.603. The lowest BCUT2D eigenvalue weighted by molar-refractivity contribution is 0.00347. The third-order valence-corrected chi connectivity index (χ3v) is 2.12. The van der Waals surface area contributed by atoms with Crippen molar-refractivity contribution in [1.82, 2.24) is 5.48 Å². The highest BCUT2D eigenvalue weighted by Crippen LogP contribution is 2.16. The first kappa shape index (κ1) is 12.4. The zero-order valence-corrected chi connectivity index (χ0v) is 9.18. The molecule has 0 saturated heterocycles. The number of halogens is 2. The van der Waals surface area contributed by atoms with Gasteiger partial charge in [0.2, 0.25) is 0 Å². The Hall–Kier alpha value is -0.680. The topological polar surface area (TPSA) is 30.5 Å². The Morgan fingerprint density at radius 2 is 2.20 bits per heavy atom. The highest BCUT2D eigenvalue weighted by atomic mass is 35.5. The molecule has 5 heteroatoms. The summed E-state index contributed by atoms with van der Waals surface area (Å²) in [4.78, 5) is 5.04. The summed E-state index contributed by atoms with van der Waals surface area (Å²) in [7, 11) is 1.60. The van der Waals surface area contributed by atoms with Gasteiger partial charge in [-0.05, 0) is 17.7 Å². The van der Waals surface area contributed by atoms with Crippen molar-refractivity contribution < 1.29 is 14.0 Å². The number of nitrogens with one attached hydrogen (secondary N) is 1. The first-order valence-electron chi connectivity index (χ1n) is 4.51. The van der Waals surface area contributed by atoms with Crippen LogP contribution >= 0.6 is 11.6 Å². The third kappa shape index (κ3) is 4.57. The molecule has 1 rings (SSSR count). The molecule has 0 amide bonds. The lowest BCUT2D eigenvalue weighted by Crippen LogP contribution is -2.17. The van der Waals surface area contributed by atoms with Crippen LogP contribution in [0.2, 0.25) is 5.02 Å². The minimum absolute atomic E-state index is 0.343. The lowest BCUT2D eigenvalue weighted by Gasteiger charge is -2.06. The average molecular weight is 234 g/mol. The van der Waals surface area contributed by atoms with Crippen molar-refractivity contribution >= 4 is 11.6 Å². The molecule has 0 radical (unpaired) electrons. The van der Waals surface area contributed by atoms with E-state index >= 15 is 0 Å². The molecule has 0 aliphatic carbocycles. The molecule has 1 N–H and O–H groups in total. The van der Waals surface area contributed by atoms with Gasteiger partial charge in [0, 0.05) is 18.7 Å². The van der Waals surface area contributed by atoms with Crippen molar-refractivity contribution in [2.75, 3.05) is 20.3 Å². The monoisotopic (exact) mass is 233 g/mol. The molecule has 0 fully saturated rings. The summed E-state index contributed by atoms with van der Waals surface area (Å²) in [6, 6.07) is 4.25. The first-order chi connectivity index (χ1) is 7.24. The number of rotatable bonds is 6. The van der Waals surface area contributed by atoms with Crippen LogP contribution in [0.4, 0.5) is 4.39 Å². The summed E-state index contributed by atoms with van der Waals surface area (Å²) in [5, 5.41) is 0.387. The molecule has 15 heavy (non-hydrogen) atoms. The Morgan fingerprint density at radius 3 is 2.87 bits per heavy atom. The van der Waals surface area contributed by atoms with Gasteiger partial charge in [-0.3, -0.25) is 4.84 Å². The van der Waals surface area contributed by atoms with Gasteiger partial charge in [-0.15, -0.1) is 0 Å². The predicted octanol–water partition coefficient (Wildman–Crippen LogP) is 2.15. The van der Waals surface area contributed by atoms with E-state index in [0.717, 1.165) is 5.56 Å². The smallest absolute Gasteiger partial charge is 0.124 e. The molecular formula is C10H13ClFNO2. The summed E-state index contributed by atoms with van der Waals surface area (Å²) in [5.74, 6) is -0.343. The molecule has 0 bridgehead atoms. The van der Waals surface area contributed by atoms with Gasteiger partial charge in [0.15, 0.2) is 0 Å². The maximum absolute atomic E-state index is 12.7. The van der Waals surface area contributed by atoms with Crippen LogP contribution in [0.15, 0.2) is 18.2 Å². The van der Waals surface area contributed by atoms with E-state index in [4.69, 9.17) is 21.2 Å². The van der Waals surface area contributed by atoms with E-state index < -0.39 is 0 Å². The van der Waals surface area contributed by atoms with Gasteiger partial charge in [-0.2, -0.15) is 5.48 Å². The fourth-order valence-electron chi connectivity index (χ4n) is 0.991. The second-order valence-corrected chi connectivity index (χ2v) is 3.31. The van der Waals surface area contributed by atoms with Crippen molar-refractivity contribution in [3.05, 3.63) is 34.6 Å². The van der Waals surface area contributed by atoms with Crippen LogP contribution in [0.1, 0.15) is 5.56 Å². The Labute approximate surface area is 93.1 Å². The summed E-state index contributed by atoms with van der Waals surface area (Å²) in [6.45, 7) is 1.41. The van der Waals surface area contributed by atoms with Crippen LogP contribution in [-0.4, -0.2) is 20.3 Å². The second kappa shape index (κ2) is 6.74. The standard InChI is InChI=1S/C10H13ClFNO2/c1-14-4-5-15-13-7-8-2-3-9(12)6-10(8)11/h2-3,6,13H,4-5,7H2,1H3. The van der Waals surface area contributed by atoms with Gasteiger partial charge in [-0.1, -0.05) is 17.7 Å². The van der Waals surface area contributed by atoms with E-state index in [0.29, 0.717) is 24.8 Å². The van der Waals surface area contributed by atoms with E-state index in [1.807, 2.05) is 0 Å². The van der Waals surface area contributed by atoms with Gasteiger partial charge in [0.1, 0.15) is 5.82 Å². The molecule has 0 aromatic heterocycles.